The molecule has 0 saturated heterocycles. The molecule has 0 aromatic rings. The second kappa shape index (κ2) is 2.89. The minimum Gasteiger partial charge on any atom is -0.370 e. The van der Waals surface area contributed by atoms with Crippen LogP contribution in [0.5, 0.6) is 0 Å². The van der Waals surface area contributed by atoms with Gasteiger partial charge in [0.25, 0.3) is 0 Å². The number of aliphatic imine (C=N–C) groups is 1. The number of nitrogens with two attached hydrogens (primary N) is 1. The number of rotatable bonds is 3. The Bertz CT molecular complexity index is 224. The molecule has 0 aromatic carbocycles. The van der Waals surface area contributed by atoms with Crippen molar-refractivity contribution in [2.24, 2.45) is 16.6 Å². The van der Waals surface area contributed by atoms with Gasteiger partial charge in [-0.3, -0.25) is 4.99 Å². The van der Waals surface area contributed by atoms with E-state index in [1.807, 2.05) is 0 Å². The second-order valence-corrected chi connectivity index (χ2v) is 4.87. The zero-order valence-corrected chi connectivity index (χ0v) is 8.51. The van der Waals surface area contributed by atoms with E-state index in [2.05, 4.69) is 24.2 Å². The Morgan fingerprint density at radius 1 is 1.31 bits per heavy atom. The highest BCUT2D eigenvalue weighted by Gasteiger charge is 2.38. The van der Waals surface area contributed by atoms with E-state index in [1.54, 1.807) is 0 Å². The molecule has 0 heterocycles. The van der Waals surface area contributed by atoms with E-state index in [-0.39, 0.29) is 5.54 Å². The third-order valence-corrected chi connectivity index (χ3v) is 2.92. The number of hydrogen-bond donors (Lipinski definition) is 2. The van der Waals surface area contributed by atoms with Gasteiger partial charge in [0.2, 0.25) is 0 Å². The van der Waals surface area contributed by atoms with Crippen LogP contribution < -0.4 is 11.1 Å². The average Bonchev–Trinajstić information content (AvgIpc) is 2.81. The summed E-state index contributed by atoms with van der Waals surface area (Å²) in [5.41, 5.74) is 5.95. The lowest BCUT2D eigenvalue weighted by Crippen LogP contribution is -2.48. The Labute approximate surface area is 79.8 Å². The molecule has 0 radical (unpaired) electrons. The highest BCUT2D eigenvalue weighted by molar-refractivity contribution is 5.79. The third kappa shape index (κ3) is 2.36. The first-order chi connectivity index (χ1) is 6.08. The van der Waals surface area contributed by atoms with Crippen LogP contribution in [-0.4, -0.2) is 17.5 Å². The molecule has 2 fully saturated rings. The van der Waals surface area contributed by atoms with Gasteiger partial charge in [-0.05, 0) is 45.4 Å². The fourth-order valence-electron chi connectivity index (χ4n) is 1.67. The first kappa shape index (κ1) is 8.85. The van der Waals surface area contributed by atoms with E-state index in [0.29, 0.717) is 12.0 Å². The predicted molar refractivity (Wildman–Crippen MR) is 54.6 cm³/mol. The fraction of sp³-hybridized carbons (Fsp3) is 0.900. The number of nitrogens with one attached hydrogen (secondary N) is 1. The summed E-state index contributed by atoms with van der Waals surface area (Å²) in [6, 6.07) is 0.516. The Hall–Kier alpha value is -0.730. The molecule has 0 amide bonds. The van der Waals surface area contributed by atoms with Crippen LogP contribution in [-0.2, 0) is 0 Å². The molecule has 0 aliphatic heterocycles. The van der Waals surface area contributed by atoms with Crippen LogP contribution in [0.15, 0.2) is 4.99 Å². The Kier molecular flexibility index (Phi) is 1.97. The van der Waals surface area contributed by atoms with Crippen LogP contribution in [0, 0.1) is 5.92 Å². The largest absolute Gasteiger partial charge is 0.370 e. The van der Waals surface area contributed by atoms with Crippen LogP contribution in [0.3, 0.4) is 0 Å². The van der Waals surface area contributed by atoms with Crippen LogP contribution in [0.4, 0.5) is 0 Å². The van der Waals surface area contributed by atoms with Gasteiger partial charge in [0.05, 0.1) is 6.04 Å². The summed E-state index contributed by atoms with van der Waals surface area (Å²) in [5, 5.41) is 3.32. The van der Waals surface area contributed by atoms with Crippen molar-refractivity contribution >= 4 is 5.96 Å². The number of nitrogens with zero attached hydrogens (tertiary/aromatic N) is 1. The highest BCUT2D eigenvalue weighted by atomic mass is 15.2. The molecule has 2 aliphatic rings. The van der Waals surface area contributed by atoms with Crippen LogP contribution >= 0.6 is 0 Å². The molecule has 74 valence electrons. The highest BCUT2D eigenvalue weighted by Crippen LogP contribution is 2.39. The van der Waals surface area contributed by atoms with Gasteiger partial charge in [0, 0.05) is 5.54 Å². The predicted octanol–water partition coefficient (Wildman–Crippen LogP) is 1.24. The van der Waals surface area contributed by atoms with Gasteiger partial charge in [0.1, 0.15) is 0 Å². The van der Waals surface area contributed by atoms with Crippen molar-refractivity contribution < 1.29 is 0 Å². The summed E-state index contributed by atoms with van der Waals surface area (Å²) in [6.45, 7) is 4.42. The summed E-state index contributed by atoms with van der Waals surface area (Å²) in [7, 11) is 0. The Morgan fingerprint density at radius 2 is 1.92 bits per heavy atom. The topological polar surface area (TPSA) is 50.4 Å². The monoisotopic (exact) mass is 181 g/mol. The minimum atomic E-state index is 0.141. The molecular weight excluding hydrogens is 162 g/mol. The number of guanidine groups is 1. The molecule has 0 spiro atoms. The molecule has 3 heteroatoms. The summed E-state index contributed by atoms with van der Waals surface area (Å²) < 4.78 is 0. The molecule has 0 bridgehead atoms. The molecular formula is C10H19N3. The van der Waals surface area contributed by atoms with E-state index in [1.165, 1.54) is 25.7 Å². The molecule has 0 atom stereocenters. The van der Waals surface area contributed by atoms with Crippen molar-refractivity contribution in [2.45, 2.75) is 51.1 Å². The van der Waals surface area contributed by atoms with Crippen molar-refractivity contribution in [3.63, 3.8) is 0 Å². The summed E-state index contributed by atoms with van der Waals surface area (Å²) in [6.07, 6.45) is 5.09. The third-order valence-electron chi connectivity index (χ3n) is 2.92. The fourth-order valence-corrected chi connectivity index (χ4v) is 1.67. The molecule has 2 aliphatic carbocycles. The molecule has 0 aromatic heterocycles. The number of hydrogen-bond acceptors (Lipinski definition) is 1. The van der Waals surface area contributed by atoms with Crippen molar-refractivity contribution in [2.75, 3.05) is 0 Å². The first-order valence-corrected chi connectivity index (χ1v) is 5.19. The van der Waals surface area contributed by atoms with Gasteiger partial charge >= 0.3 is 0 Å². The van der Waals surface area contributed by atoms with E-state index < -0.39 is 0 Å². The lowest BCUT2D eigenvalue weighted by Gasteiger charge is -2.26. The van der Waals surface area contributed by atoms with Crippen LogP contribution in [0.1, 0.15) is 39.5 Å². The van der Waals surface area contributed by atoms with E-state index >= 15 is 0 Å². The van der Waals surface area contributed by atoms with E-state index in [9.17, 15) is 0 Å². The van der Waals surface area contributed by atoms with Crippen LogP contribution in [0.25, 0.3) is 0 Å². The second-order valence-electron chi connectivity index (χ2n) is 4.87. The maximum atomic E-state index is 5.81. The zero-order valence-electron chi connectivity index (χ0n) is 8.51. The normalized spacial score (nSPS) is 24.6. The van der Waals surface area contributed by atoms with Crippen LogP contribution in [0.2, 0.25) is 0 Å². The first-order valence-electron chi connectivity index (χ1n) is 5.19. The van der Waals surface area contributed by atoms with Crippen molar-refractivity contribution in [1.29, 1.82) is 0 Å². The molecule has 13 heavy (non-hydrogen) atoms. The van der Waals surface area contributed by atoms with Gasteiger partial charge in [-0.1, -0.05) is 0 Å². The van der Waals surface area contributed by atoms with E-state index in [0.717, 1.165) is 5.92 Å². The lowest BCUT2D eigenvalue weighted by molar-refractivity contribution is 0.399. The minimum absolute atomic E-state index is 0.141. The van der Waals surface area contributed by atoms with E-state index in [4.69, 9.17) is 5.73 Å². The Morgan fingerprint density at radius 3 is 2.38 bits per heavy atom. The van der Waals surface area contributed by atoms with Crippen molar-refractivity contribution in [3.05, 3.63) is 0 Å². The summed E-state index contributed by atoms with van der Waals surface area (Å²) >= 11 is 0. The maximum absolute atomic E-state index is 5.81. The maximum Gasteiger partial charge on any atom is 0.189 e. The quantitative estimate of drug-likeness (QED) is 0.508. The molecule has 2 rings (SSSR count). The zero-order chi connectivity index (χ0) is 9.47. The van der Waals surface area contributed by atoms with Gasteiger partial charge in [-0.25, -0.2) is 0 Å². The average molecular weight is 181 g/mol. The van der Waals surface area contributed by atoms with Gasteiger partial charge < -0.3 is 11.1 Å². The smallest absolute Gasteiger partial charge is 0.189 e. The van der Waals surface area contributed by atoms with Crippen molar-refractivity contribution in [1.82, 2.24) is 5.32 Å². The molecule has 2 saturated carbocycles. The van der Waals surface area contributed by atoms with Crippen molar-refractivity contribution in [3.8, 4) is 0 Å². The molecule has 0 unspecified atom stereocenters. The molecule has 3 N–H and O–H groups in total. The van der Waals surface area contributed by atoms with Gasteiger partial charge in [0.15, 0.2) is 5.96 Å². The van der Waals surface area contributed by atoms with Gasteiger partial charge in [-0.15, -0.1) is 0 Å². The lowest BCUT2D eigenvalue weighted by atomic mass is 9.99. The SMILES string of the molecule is CC(C)(NC(N)=NC1CC1)C1CC1. The summed E-state index contributed by atoms with van der Waals surface area (Å²) in [5.74, 6) is 1.43. The Balaban J connectivity index is 1.87. The summed E-state index contributed by atoms with van der Waals surface area (Å²) in [4.78, 5) is 4.37. The molecule has 3 nitrogen and oxygen atoms in total. The standard InChI is InChI=1S/C10H19N3/c1-10(2,7-3-4-7)13-9(11)12-8-5-6-8/h7-8H,3-6H2,1-2H3,(H3,11,12,13). The van der Waals surface area contributed by atoms with Gasteiger partial charge in [-0.2, -0.15) is 0 Å².